The van der Waals surface area contributed by atoms with Crippen molar-refractivity contribution in [1.29, 1.82) is 0 Å². The van der Waals surface area contributed by atoms with Crippen molar-refractivity contribution in [2.45, 2.75) is 44.6 Å². The molecule has 0 saturated heterocycles. The van der Waals surface area contributed by atoms with E-state index >= 15 is 0 Å². The van der Waals surface area contributed by atoms with Crippen LogP contribution in [0.3, 0.4) is 0 Å². The van der Waals surface area contributed by atoms with E-state index in [4.69, 9.17) is 6.57 Å². The first-order valence-electron chi connectivity index (χ1n) is 4.21. The van der Waals surface area contributed by atoms with Crippen LogP contribution in [0.5, 0.6) is 0 Å². The van der Waals surface area contributed by atoms with Gasteiger partial charge in [0.25, 0.3) is 0 Å². The molecule has 10 heavy (non-hydrogen) atoms. The lowest BCUT2D eigenvalue weighted by Crippen LogP contribution is -2.36. The summed E-state index contributed by atoms with van der Waals surface area (Å²) < 4.78 is 0. The molecule has 0 amide bonds. The molecule has 0 aromatic heterocycles. The first kappa shape index (κ1) is 6.22. The van der Waals surface area contributed by atoms with Crippen LogP contribution in [0.25, 0.3) is 4.85 Å². The molecule has 2 aliphatic rings. The third kappa shape index (κ3) is 0.751. The summed E-state index contributed by atoms with van der Waals surface area (Å²) in [4.78, 5) is 3.56. The summed E-state index contributed by atoms with van der Waals surface area (Å²) in [6.07, 6.45) is 8.11. The van der Waals surface area contributed by atoms with E-state index < -0.39 is 0 Å². The maximum absolute atomic E-state index is 6.83. The second-order valence-corrected chi connectivity index (χ2v) is 3.90. The Kier molecular flexibility index (Phi) is 1.23. The highest BCUT2D eigenvalue weighted by Gasteiger charge is 2.49. The molecule has 1 spiro atoms. The highest BCUT2D eigenvalue weighted by Crippen LogP contribution is 2.54. The molecule has 0 atom stereocenters. The molecule has 2 aliphatic carbocycles. The highest BCUT2D eigenvalue weighted by molar-refractivity contribution is 5.04. The van der Waals surface area contributed by atoms with E-state index in [2.05, 4.69) is 4.85 Å². The summed E-state index contributed by atoms with van der Waals surface area (Å²) in [6.45, 7) is 6.83. The summed E-state index contributed by atoms with van der Waals surface area (Å²) in [7, 11) is 0. The molecule has 1 heteroatoms. The third-order valence-electron chi connectivity index (χ3n) is 3.18. The van der Waals surface area contributed by atoms with Gasteiger partial charge in [-0.1, -0.05) is 12.8 Å². The lowest BCUT2D eigenvalue weighted by molar-refractivity contribution is 0.133. The molecule has 2 fully saturated rings. The predicted molar refractivity (Wildman–Crippen MR) is 40.5 cm³/mol. The van der Waals surface area contributed by atoms with Crippen LogP contribution in [0.2, 0.25) is 0 Å². The van der Waals surface area contributed by atoms with Crippen molar-refractivity contribution in [3.8, 4) is 0 Å². The van der Waals surface area contributed by atoms with Crippen LogP contribution in [0.1, 0.15) is 38.5 Å². The summed E-state index contributed by atoms with van der Waals surface area (Å²) in [5.41, 5.74) is 0.676. The quantitative estimate of drug-likeness (QED) is 0.450. The average Bonchev–Trinajstić information content (AvgIpc) is 2.30. The van der Waals surface area contributed by atoms with E-state index in [1.165, 1.54) is 38.5 Å². The van der Waals surface area contributed by atoms with Crippen LogP contribution in [-0.2, 0) is 0 Å². The number of hydrogen-bond donors (Lipinski definition) is 0. The summed E-state index contributed by atoms with van der Waals surface area (Å²) in [5, 5.41) is 0. The monoisotopic (exact) mass is 135 g/mol. The number of hydrogen-bond acceptors (Lipinski definition) is 0. The lowest BCUT2D eigenvalue weighted by atomic mass is 9.65. The molecule has 1 nitrogen and oxygen atoms in total. The van der Waals surface area contributed by atoms with Gasteiger partial charge < -0.3 is 4.85 Å². The number of nitrogens with zero attached hydrogens (tertiary/aromatic N) is 1. The van der Waals surface area contributed by atoms with Crippen LogP contribution in [0.15, 0.2) is 0 Å². The van der Waals surface area contributed by atoms with Gasteiger partial charge in [0, 0.05) is 12.8 Å². The molecule has 2 saturated carbocycles. The fourth-order valence-electron chi connectivity index (χ4n) is 2.56. The van der Waals surface area contributed by atoms with E-state index in [1.54, 1.807) is 0 Å². The van der Waals surface area contributed by atoms with E-state index in [9.17, 15) is 0 Å². The summed E-state index contributed by atoms with van der Waals surface area (Å²) >= 11 is 0. The van der Waals surface area contributed by atoms with Gasteiger partial charge in [0.15, 0.2) is 0 Å². The Morgan fingerprint density at radius 3 is 2.30 bits per heavy atom. The zero-order valence-electron chi connectivity index (χ0n) is 6.27. The second-order valence-electron chi connectivity index (χ2n) is 3.90. The number of rotatable bonds is 0. The van der Waals surface area contributed by atoms with Crippen molar-refractivity contribution in [2.75, 3.05) is 0 Å². The molecule has 0 heterocycles. The van der Waals surface area contributed by atoms with Gasteiger partial charge in [-0.3, -0.25) is 0 Å². The SMILES string of the molecule is [C-]#[N+]C1CC2(CCCC2)C1. The maximum Gasteiger partial charge on any atom is 0.224 e. The average molecular weight is 135 g/mol. The minimum Gasteiger partial charge on any atom is -0.314 e. The largest absolute Gasteiger partial charge is 0.314 e. The topological polar surface area (TPSA) is 4.36 Å². The van der Waals surface area contributed by atoms with Crippen LogP contribution in [0, 0.1) is 12.0 Å². The Hall–Kier alpha value is -0.510. The molecule has 0 aromatic rings. The molecule has 0 aromatic carbocycles. The maximum atomic E-state index is 6.83. The Morgan fingerprint density at radius 2 is 1.80 bits per heavy atom. The van der Waals surface area contributed by atoms with Crippen molar-refractivity contribution in [3.05, 3.63) is 11.4 Å². The molecular formula is C9H13N. The van der Waals surface area contributed by atoms with Crippen molar-refractivity contribution < 1.29 is 0 Å². The van der Waals surface area contributed by atoms with Crippen molar-refractivity contribution in [1.82, 2.24) is 0 Å². The molecule has 0 N–H and O–H groups in total. The molecule has 2 rings (SSSR count). The normalized spacial score (nSPS) is 29.9. The zero-order chi connectivity index (χ0) is 7.03. The van der Waals surface area contributed by atoms with E-state index in [0.717, 1.165) is 0 Å². The predicted octanol–water partition coefficient (Wildman–Crippen LogP) is 2.63. The fourth-order valence-corrected chi connectivity index (χ4v) is 2.56. The van der Waals surface area contributed by atoms with Gasteiger partial charge in [0.05, 0.1) is 0 Å². The van der Waals surface area contributed by atoms with Gasteiger partial charge in [0.1, 0.15) is 0 Å². The Labute approximate surface area is 62.2 Å². The van der Waals surface area contributed by atoms with Gasteiger partial charge >= 0.3 is 0 Å². The van der Waals surface area contributed by atoms with Crippen LogP contribution >= 0.6 is 0 Å². The lowest BCUT2D eigenvalue weighted by Gasteiger charge is -2.38. The van der Waals surface area contributed by atoms with Crippen molar-refractivity contribution in [3.63, 3.8) is 0 Å². The second kappa shape index (κ2) is 1.99. The van der Waals surface area contributed by atoms with Crippen molar-refractivity contribution >= 4 is 0 Å². The Morgan fingerprint density at radius 1 is 1.20 bits per heavy atom. The third-order valence-corrected chi connectivity index (χ3v) is 3.18. The molecule has 0 aliphatic heterocycles. The van der Waals surface area contributed by atoms with Gasteiger partial charge in [-0.05, 0) is 18.3 Å². The zero-order valence-corrected chi connectivity index (χ0v) is 6.27. The van der Waals surface area contributed by atoms with E-state index in [-0.39, 0.29) is 0 Å². The van der Waals surface area contributed by atoms with Crippen LogP contribution in [-0.4, -0.2) is 6.04 Å². The Balaban J connectivity index is 1.94. The van der Waals surface area contributed by atoms with Gasteiger partial charge in [0.2, 0.25) is 6.04 Å². The van der Waals surface area contributed by atoms with Gasteiger partial charge in [-0.2, -0.15) is 0 Å². The first-order valence-corrected chi connectivity index (χ1v) is 4.21. The molecule has 0 bridgehead atoms. The van der Waals surface area contributed by atoms with E-state index in [0.29, 0.717) is 11.5 Å². The molecule has 54 valence electrons. The van der Waals surface area contributed by atoms with Gasteiger partial charge in [-0.25, -0.2) is 6.57 Å². The standard InChI is InChI=1S/C9H13N/c1-10-8-6-9(7-8)4-2-3-5-9/h8H,2-7H2. The van der Waals surface area contributed by atoms with Crippen LogP contribution < -0.4 is 0 Å². The van der Waals surface area contributed by atoms with Gasteiger partial charge in [-0.15, -0.1) is 0 Å². The minimum atomic E-state index is 0.401. The first-order chi connectivity index (χ1) is 4.85. The van der Waals surface area contributed by atoms with Crippen LogP contribution in [0.4, 0.5) is 0 Å². The summed E-state index contributed by atoms with van der Waals surface area (Å²) in [6, 6.07) is 0.401. The minimum absolute atomic E-state index is 0.401. The molecular weight excluding hydrogens is 122 g/mol. The molecule has 0 unspecified atom stereocenters. The molecule has 0 radical (unpaired) electrons. The Bertz CT molecular complexity index is 164. The smallest absolute Gasteiger partial charge is 0.224 e. The summed E-state index contributed by atoms with van der Waals surface area (Å²) in [5.74, 6) is 0. The van der Waals surface area contributed by atoms with Crippen molar-refractivity contribution in [2.24, 2.45) is 5.41 Å². The fraction of sp³-hybridized carbons (Fsp3) is 0.889. The van der Waals surface area contributed by atoms with E-state index in [1.807, 2.05) is 0 Å². The highest BCUT2D eigenvalue weighted by atomic mass is 14.8.